The van der Waals surface area contributed by atoms with Crippen molar-refractivity contribution in [1.82, 2.24) is 4.31 Å². The van der Waals surface area contributed by atoms with Gasteiger partial charge in [0.05, 0.1) is 11.8 Å². The van der Waals surface area contributed by atoms with E-state index in [1.807, 2.05) is 10.4 Å². The molecule has 4 fully saturated rings. The smallest absolute Gasteiger partial charge is 0.323 e. The third-order valence-corrected chi connectivity index (χ3v) is 11.9. The summed E-state index contributed by atoms with van der Waals surface area (Å²) in [6, 6.07) is 2.20. The highest BCUT2D eigenvalue weighted by atomic mass is 32.2. The van der Waals surface area contributed by atoms with Crippen LogP contribution in [0, 0.1) is 34.0 Å². The number of rotatable bonds is 7. The Morgan fingerprint density at radius 2 is 1.58 bits per heavy atom. The van der Waals surface area contributed by atoms with Gasteiger partial charge in [-0.2, -0.15) is 9.57 Å². The van der Waals surface area contributed by atoms with E-state index in [1.165, 1.54) is 12.8 Å². The number of sulfonamides is 1. The Hall–Kier alpha value is -1.13. The van der Waals surface area contributed by atoms with Gasteiger partial charge in [-0.1, -0.05) is 52.4 Å². The first-order valence-corrected chi connectivity index (χ1v) is 14.8. The number of ether oxygens (including phenoxy) is 1. The molecule has 0 aliphatic heterocycles. The van der Waals surface area contributed by atoms with Gasteiger partial charge in [0, 0.05) is 17.5 Å². The van der Waals surface area contributed by atoms with Gasteiger partial charge in [-0.15, -0.1) is 0 Å². The molecule has 0 spiro atoms. The standard InChI is InChI=1S/C26H42N2O4S/c1-19(17-27)24(29)32-23-16-20-14-15-26(23,25(20,2)3)18-33(30,31)28(21-10-6-4-7-11-21)22-12-8-5-9-13-22/h19-23H,4-16,18H2,1-3H3/t19-,20+,23+,26+/m0/s1. The lowest BCUT2D eigenvalue weighted by Gasteiger charge is -2.46. The van der Waals surface area contributed by atoms with Crippen molar-refractivity contribution < 1.29 is 17.9 Å². The number of fused-ring (bicyclic) bond motifs is 2. The first-order valence-electron chi connectivity index (χ1n) is 13.2. The molecule has 4 saturated carbocycles. The van der Waals surface area contributed by atoms with Crippen LogP contribution in [0.3, 0.4) is 0 Å². The van der Waals surface area contributed by atoms with E-state index in [0.29, 0.717) is 12.3 Å². The number of hydrogen-bond acceptors (Lipinski definition) is 5. The largest absolute Gasteiger partial charge is 0.461 e. The van der Waals surface area contributed by atoms with E-state index in [1.54, 1.807) is 6.92 Å². The number of carbonyl (C=O) groups is 1. The molecule has 0 heterocycles. The Morgan fingerprint density at radius 1 is 1.03 bits per heavy atom. The van der Waals surface area contributed by atoms with Crippen molar-refractivity contribution in [2.75, 3.05) is 5.75 Å². The molecule has 0 aromatic carbocycles. The Morgan fingerprint density at radius 3 is 2.06 bits per heavy atom. The Balaban J connectivity index is 1.64. The normalized spacial score (nSPS) is 33.7. The second-order valence-electron chi connectivity index (χ2n) is 11.8. The predicted molar refractivity (Wildman–Crippen MR) is 128 cm³/mol. The first kappa shape index (κ1) is 25.0. The van der Waals surface area contributed by atoms with Crippen LogP contribution in [-0.4, -0.2) is 42.6 Å². The molecule has 4 rings (SSSR count). The fourth-order valence-electron chi connectivity index (χ4n) is 7.62. The molecule has 186 valence electrons. The van der Waals surface area contributed by atoms with Gasteiger partial charge in [-0.05, 0) is 63.2 Å². The van der Waals surface area contributed by atoms with Gasteiger partial charge in [0.15, 0.2) is 0 Å². The van der Waals surface area contributed by atoms with Crippen LogP contribution in [0.15, 0.2) is 0 Å². The summed E-state index contributed by atoms with van der Waals surface area (Å²) in [5.74, 6) is -0.934. The average Bonchev–Trinajstić information content (AvgIpc) is 3.14. The number of nitrogens with zero attached hydrogens (tertiary/aromatic N) is 2. The molecule has 0 amide bonds. The predicted octanol–water partition coefficient (Wildman–Crippen LogP) is 5.18. The summed E-state index contributed by atoms with van der Waals surface area (Å²) in [5, 5.41) is 9.17. The SMILES string of the molecule is C[C@@H](C#N)C(=O)O[C@@H]1C[C@H]2CC[C@]1(CS(=O)(=O)N(C1CCCCC1)C1CCCCC1)C2(C)C. The lowest BCUT2D eigenvalue weighted by atomic mass is 9.69. The van der Waals surface area contributed by atoms with Crippen molar-refractivity contribution >= 4 is 16.0 Å². The van der Waals surface area contributed by atoms with Crippen LogP contribution in [0.2, 0.25) is 0 Å². The van der Waals surface area contributed by atoms with E-state index in [9.17, 15) is 18.5 Å². The van der Waals surface area contributed by atoms with Gasteiger partial charge in [-0.3, -0.25) is 4.79 Å². The zero-order valence-electron chi connectivity index (χ0n) is 20.7. The zero-order valence-corrected chi connectivity index (χ0v) is 21.5. The van der Waals surface area contributed by atoms with Crippen molar-refractivity contribution in [2.45, 2.75) is 122 Å². The first-order chi connectivity index (χ1) is 15.6. The summed E-state index contributed by atoms with van der Waals surface area (Å²) in [4.78, 5) is 12.5. The fourth-order valence-corrected chi connectivity index (χ4v) is 10.5. The van der Waals surface area contributed by atoms with Crippen LogP contribution in [0.5, 0.6) is 0 Å². The molecular formula is C26H42N2O4S. The molecule has 4 aliphatic rings. The minimum absolute atomic E-state index is 0.0649. The molecule has 4 atom stereocenters. The maximum absolute atomic E-state index is 14.3. The molecule has 6 nitrogen and oxygen atoms in total. The maximum Gasteiger partial charge on any atom is 0.323 e. The minimum atomic E-state index is -3.54. The molecule has 0 aromatic rings. The Bertz CT molecular complexity index is 849. The van der Waals surface area contributed by atoms with Crippen LogP contribution in [0.4, 0.5) is 0 Å². The molecule has 0 saturated heterocycles. The summed E-state index contributed by atoms with van der Waals surface area (Å²) in [7, 11) is -3.54. The summed E-state index contributed by atoms with van der Waals surface area (Å²) in [6.45, 7) is 5.90. The van der Waals surface area contributed by atoms with E-state index in [0.717, 1.165) is 64.2 Å². The van der Waals surface area contributed by atoms with E-state index in [2.05, 4.69) is 13.8 Å². The van der Waals surface area contributed by atoms with Gasteiger partial charge in [-0.25, -0.2) is 8.42 Å². The third-order valence-electron chi connectivity index (χ3n) is 9.79. The third kappa shape index (κ3) is 4.47. The number of nitriles is 1. The zero-order chi connectivity index (χ0) is 23.9. The average molecular weight is 479 g/mol. The van der Waals surface area contributed by atoms with Crippen LogP contribution < -0.4 is 0 Å². The van der Waals surface area contributed by atoms with Crippen molar-refractivity contribution in [3.8, 4) is 6.07 Å². The van der Waals surface area contributed by atoms with Crippen molar-refractivity contribution in [3.63, 3.8) is 0 Å². The summed E-state index contributed by atoms with van der Waals surface area (Å²) in [5.41, 5.74) is -0.797. The van der Waals surface area contributed by atoms with E-state index >= 15 is 0 Å². The lowest BCUT2D eigenvalue weighted by molar-refractivity contribution is -0.159. The van der Waals surface area contributed by atoms with Crippen LogP contribution in [0.25, 0.3) is 0 Å². The van der Waals surface area contributed by atoms with Crippen molar-refractivity contribution in [3.05, 3.63) is 0 Å². The van der Waals surface area contributed by atoms with Crippen molar-refractivity contribution in [2.24, 2.45) is 22.7 Å². The van der Waals surface area contributed by atoms with Gasteiger partial charge in [0.2, 0.25) is 10.0 Å². The highest BCUT2D eigenvalue weighted by molar-refractivity contribution is 7.89. The minimum Gasteiger partial charge on any atom is -0.461 e. The molecule has 7 heteroatoms. The monoisotopic (exact) mass is 478 g/mol. The summed E-state index contributed by atoms with van der Waals surface area (Å²) in [6.07, 6.45) is 12.7. The molecule has 0 N–H and O–H groups in total. The van der Waals surface area contributed by atoms with Crippen molar-refractivity contribution in [1.29, 1.82) is 5.26 Å². The lowest BCUT2D eigenvalue weighted by Crippen LogP contribution is -2.54. The molecule has 33 heavy (non-hydrogen) atoms. The number of esters is 1. The van der Waals surface area contributed by atoms with E-state index < -0.39 is 33.4 Å². The highest BCUT2D eigenvalue weighted by Gasteiger charge is 2.67. The van der Waals surface area contributed by atoms with Crippen LogP contribution >= 0.6 is 0 Å². The Kier molecular flexibility index (Phi) is 7.18. The second kappa shape index (κ2) is 9.49. The van der Waals surface area contributed by atoms with Gasteiger partial charge in [0.1, 0.15) is 12.0 Å². The summed E-state index contributed by atoms with van der Waals surface area (Å²) < 4.78 is 36.5. The second-order valence-corrected chi connectivity index (χ2v) is 13.7. The van der Waals surface area contributed by atoms with Gasteiger partial charge < -0.3 is 4.74 Å². The molecule has 2 bridgehead atoms. The number of hydrogen-bond donors (Lipinski definition) is 0. The van der Waals surface area contributed by atoms with Gasteiger partial charge >= 0.3 is 5.97 Å². The topological polar surface area (TPSA) is 87.5 Å². The maximum atomic E-state index is 14.3. The fraction of sp³-hybridized carbons (Fsp3) is 0.923. The highest BCUT2D eigenvalue weighted by Crippen LogP contribution is 2.67. The van der Waals surface area contributed by atoms with Gasteiger partial charge in [0.25, 0.3) is 0 Å². The quantitative estimate of drug-likeness (QED) is 0.470. The molecular weight excluding hydrogens is 436 g/mol. The summed E-state index contributed by atoms with van der Waals surface area (Å²) >= 11 is 0. The van der Waals surface area contributed by atoms with E-state index in [4.69, 9.17) is 4.74 Å². The van der Waals surface area contributed by atoms with Crippen LogP contribution in [0.1, 0.15) is 104 Å². The molecule has 0 radical (unpaired) electrons. The molecule has 0 aromatic heterocycles. The van der Waals surface area contributed by atoms with E-state index in [-0.39, 0.29) is 23.3 Å². The van der Waals surface area contributed by atoms with Crippen LogP contribution in [-0.2, 0) is 19.6 Å². The number of carbonyl (C=O) groups excluding carboxylic acids is 1. The molecule has 4 aliphatic carbocycles. The Labute approximate surface area is 200 Å². The molecule has 0 unspecified atom stereocenters.